The maximum atomic E-state index is 11.9. The first kappa shape index (κ1) is 15.9. The Bertz CT molecular complexity index is 728. The fourth-order valence-corrected chi connectivity index (χ4v) is 1.52. The van der Waals surface area contributed by atoms with E-state index >= 15 is 0 Å². The monoisotopic (exact) mass is 347 g/mol. The van der Waals surface area contributed by atoms with Crippen LogP contribution in [0.2, 0.25) is 0 Å². The summed E-state index contributed by atoms with van der Waals surface area (Å²) >= 11 is 0. The second kappa shape index (κ2) is 7.05. The van der Waals surface area contributed by atoms with Crippen molar-refractivity contribution in [1.29, 1.82) is 0 Å². The number of hydrogen-bond acceptors (Lipinski definition) is 10. The smallest absolute Gasteiger partial charge is 0.339 e. The molecular weight excluding hydrogens is 338 g/mol. The summed E-state index contributed by atoms with van der Waals surface area (Å²) in [6, 6.07) is 0. The van der Waals surface area contributed by atoms with E-state index < -0.39 is 17.9 Å². The summed E-state index contributed by atoms with van der Waals surface area (Å²) in [5.74, 6) is -3.88. The number of hydrogen-bond donors (Lipinski definition) is 3. The quantitative estimate of drug-likeness (QED) is 0.506. The molecule has 0 amide bonds. The van der Waals surface area contributed by atoms with Crippen molar-refractivity contribution < 1.29 is 28.9 Å². The highest BCUT2D eigenvalue weighted by Crippen LogP contribution is 2.06. The maximum absolute atomic E-state index is 11.9. The third-order valence-corrected chi connectivity index (χ3v) is 2.55. The van der Waals surface area contributed by atoms with E-state index in [9.17, 15) is 14.4 Å². The van der Waals surface area contributed by atoms with Gasteiger partial charge in [-0.25, -0.2) is 29.3 Å². The van der Waals surface area contributed by atoms with Crippen molar-refractivity contribution >= 4 is 17.9 Å². The molecule has 0 aliphatic rings. The lowest BCUT2D eigenvalue weighted by Crippen LogP contribution is -2.34. The molecule has 0 radical (unpaired) electrons. The van der Waals surface area contributed by atoms with Gasteiger partial charge in [0.2, 0.25) is 22.9 Å². The van der Waals surface area contributed by atoms with Crippen LogP contribution >= 0.6 is 0 Å². The van der Waals surface area contributed by atoms with E-state index in [0.717, 1.165) is 0 Å². The molecule has 0 bridgehead atoms. The molecule has 0 saturated carbocycles. The molecule has 0 atom stereocenters. The van der Waals surface area contributed by atoms with Gasteiger partial charge in [0.25, 0.3) is 0 Å². The predicted octanol–water partition coefficient (Wildman–Crippen LogP) is -0.226. The highest BCUT2D eigenvalue weighted by Gasteiger charge is 2.27. The van der Waals surface area contributed by atoms with Gasteiger partial charge < -0.3 is 15.0 Å². The topological polar surface area (TPSA) is 168 Å². The van der Waals surface area contributed by atoms with Crippen molar-refractivity contribution in [3.05, 3.63) is 54.7 Å². The van der Waals surface area contributed by atoms with Crippen molar-refractivity contribution in [2.75, 3.05) is 0 Å². The van der Waals surface area contributed by atoms with Crippen LogP contribution in [-0.2, 0) is 14.5 Å². The van der Waals surface area contributed by atoms with E-state index in [1.165, 1.54) is 37.2 Å². The van der Waals surface area contributed by atoms with Crippen LogP contribution in [-0.4, -0.2) is 53.2 Å². The Labute approximate surface area is 137 Å². The SMILES string of the molecule is O=C(ON(OC(=O)c1ncc[nH]1)OC(=O)c1ncc[nH]1)c1ncc[nH]1. The Hall–Kier alpha value is -4.00. The number of rotatable bonds is 6. The van der Waals surface area contributed by atoms with Crippen LogP contribution in [0.3, 0.4) is 0 Å². The Morgan fingerprint density at radius 1 is 0.680 bits per heavy atom. The van der Waals surface area contributed by atoms with Crippen LogP contribution in [0.5, 0.6) is 0 Å². The molecule has 0 aliphatic heterocycles. The molecule has 0 spiro atoms. The normalized spacial score (nSPS) is 10.4. The third kappa shape index (κ3) is 3.85. The van der Waals surface area contributed by atoms with Gasteiger partial charge in [0, 0.05) is 37.2 Å². The summed E-state index contributed by atoms with van der Waals surface area (Å²) in [5, 5.41) is -0.0689. The van der Waals surface area contributed by atoms with E-state index in [0.29, 0.717) is 0 Å². The van der Waals surface area contributed by atoms with Gasteiger partial charge in [-0.15, -0.1) is 0 Å². The van der Waals surface area contributed by atoms with Crippen LogP contribution in [0.15, 0.2) is 37.2 Å². The molecule has 0 saturated heterocycles. The van der Waals surface area contributed by atoms with Crippen LogP contribution < -0.4 is 0 Å². The van der Waals surface area contributed by atoms with E-state index in [1.54, 1.807) is 0 Å². The second-order valence-electron chi connectivity index (χ2n) is 4.17. The lowest BCUT2D eigenvalue weighted by Gasteiger charge is -2.15. The molecule has 13 heteroatoms. The van der Waals surface area contributed by atoms with Crippen molar-refractivity contribution in [3.8, 4) is 0 Å². The fraction of sp³-hybridized carbons (Fsp3) is 0. The Morgan fingerprint density at radius 2 is 1.00 bits per heavy atom. The lowest BCUT2D eigenvalue weighted by atomic mass is 10.6. The molecule has 0 aromatic carbocycles. The van der Waals surface area contributed by atoms with Crippen molar-refractivity contribution in [2.24, 2.45) is 0 Å². The van der Waals surface area contributed by atoms with Crippen LogP contribution in [0.4, 0.5) is 0 Å². The number of aromatic nitrogens is 6. The first-order valence-corrected chi connectivity index (χ1v) is 6.58. The number of carbonyl (C=O) groups is 3. The number of carbonyl (C=O) groups excluding carboxylic acids is 3. The Morgan fingerprint density at radius 3 is 1.24 bits per heavy atom. The zero-order valence-corrected chi connectivity index (χ0v) is 12.2. The average molecular weight is 347 g/mol. The highest BCUT2D eigenvalue weighted by molar-refractivity contribution is 5.87. The molecule has 128 valence electrons. The lowest BCUT2D eigenvalue weighted by molar-refractivity contribution is -0.450. The first-order chi connectivity index (χ1) is 12.1. The minimum Gasteiger partial charge on any atom is -0.339 e. The number of nitrogens with one attached hydrogen (secondary N) is 3. The molecule has 3 rings (SSSR count). The van der Waals surface area contributed by atoms with Gasteiger partial charge in [0.05, 0.1) is 0 Å². The molecule has 0 unspecified atom stereocenters. The van der Waals surface area contributed by atoms with E-state index in [-0.39, 0.29) is 22.9 Å². The second-order valence-corrected chi connectivity index (χ2v) is 4.17. The van der Waals surface area contributed by atoms with Gasteiger partial charge in [0.15, 0.2) is 0 Å². The number of nitrogens with zero attached hydrogens (tertiary/aromatic N) is 4. The zero-order chi connectivity index (χ0) is 17.6. The van der Waals surface area contributed by atoms with Crippen molar-refractivity contribution in [3.63, 3.8) is 0 Å². The van der Waals surface area contributed by atoms with E-state index in [1.807, 2.05) is 0 Å². The van der Waals surface area contributed by atoms with Gasteiger partial charge in [-0.3, -0.25) is 14.5 Å². The molecule has 3 N–H and O–H groups in total. The number of aromatic amines is 3. The fourth-order valence-electron chi connectivity index (χ4n) is 1.52. The predicted molar refractivity (Wildman–Crippen MR) is 73.8 cm³/mol. The summed E-state index contributed by atoms with van der Waals surface area (Å²) in [4.78, 5) is 68.0. The molecular formula is C12H9N7O6. The van der Waals surface area contributed by atoms with E-state index in [2.05, 4.69) is 44.4 Å². The molecule has 25 heavy (non-hydrogen) atoms. The number of imidazole rings is 3. The average Bonchev–Trinajstić information content (AvgIpc) is 3.38. The standard InChI is InChI=1S/C12H9N7O6/c20-10(7-13-1-2-14-7)23-19(24-11(21)8-15-3-4-16-8)25-12(22)9-17-5-6-18-9/h1-6H,(H,13,14)(H,15,16)(H,17,18). The van der Waals surface area contributed by atoms with Gasteiger partial charge in [-0.05, 0) is 0 Å². The van der Waals surface area contributed by atoms with Crippen LogP contribution in [0, 0.1) is 0 Å². The van der Waals surface area contributed by atoms with Gasteiger partial charge in [-0.2, -0.15) is 0 Å². The summed E-state index contributed by atoms with van der Waals surface area (Å²) in [6.45, 7) is 0. The van der Waals surface area contributed by atoms with Crippen molar-refractivity contribution in [1.82, 2.24) is 35.3 Å². The van der Waals surface area contributed by atoms with E-state index in [4.69, 9.17) is 0 Å². The summed E-state index contributed by atoms with van der Waals surface area (Å²) < 4.78 is 0. The molecule has 3 aromatic heterocycles. The summed E-state index contributed by atoms with van der Waals surface area (Å²) in [7, 11) is 0. The minimum absolute atomic E-state index is 0.0689. The Kier molecular flexibility index (Phi) is 4.48. The minimum atomic E-state index is -1.08. The first-order valence-electron chi connectivity index (χ1n) is 6.58. The highest BCUT2D eigenvalue weighted by atomic mass is 17.2. The summed E-state index contributed by atoms with van der Waals surface area (Å²) in [5.41, 5.74) is 0. The van der Waals surface area contributed by atoms with Gasteiger partial charge in [0.1, 0.15) is 0 Å². The number of H-pyrrole nitrogens is 3. The van der Waals surface area contributed by atoms with Crippen LogP contribution in [0.1, 0.15) is 31.9 Å². The molecule has 0 aliphatic carbocycles. The van der Waals surface area contributed by atoms with Gasteiger partial charge >= 0.3 is 17.9 Å². The molecule has 13 nitrogen and oxygen atoms in total. The summed E-state index contributed by atoms with van der Waals surface area (Å²) in [6.07, 6.45) is 7.99. The molecule has 3 heterocycles. The third-order valence-electron chi connectivity index (χ3n) is 2.55. The molecule has 3 aromatic rings. The van der Waals surface area contributed by atoms with Gasteiger partial charge in [-0.1, -0.05) is 0 Å². The van der Waals surface area contributed by atoms with Crippen molar-refractivity contribution in [2.45, 2.75) is 0 Å². The zero-order valence-electron chi connectivity index (χ0n) is 12.2. The maximum Gasteiger partial charge on any atom is 0.399 e. The largest absolute Gasteiger partial charge is 0.399 e. The van der Waals surface area contributed by atoms with Crippen LogP contribution in [0.25, 0.3) is 0 Å². The Balaban J connectivity index is 1.71. The molecule has 0 fully saturated rings.